The molecule has 3 aromatic rings. The minimum Gasteiger partial charge on any atom is -0.377 e. The Bertz CT molecular complexity index is 665. The molecule has 0 atom stereocenters. The standard InChI is InChI=1S/C15H14FN3/c1-11-5-4-6-13(16)15(11)17-9-12-10-19-8-3-2-7-14(19)18-12/h2-8,10,17H,9H2,1H3. The lowest BCUT2D eigenvalue weighted by molar-refractivity contribution is 0.629. The van der Waals surface area contributed by atoms with E-state index in [2.05, 4.69) is 10.3 Å². The van der Waals surface area contributed by atoms with E-state index in [9.17, 15) is 4.39 Å². The number of halogens is 1. The molecule has 1 aromatic carbocycles. The van der Waals surface area contributed by atoms with Crippen molar-refractivity contribution in [1.82, 2.24) is 9.38 Å². The molecule has 3 nitrogen and oxygen atoms in total. The van der Waals surface area contributed by atoms with Gasteiger partial charge in [-0.1, -0.05) is 18.2 Å². The summed E-state index contributed by atoms with van der Waals surface area (Å²) in [4.78, 5) is 4.47. The Kier molecular flexibility index (Phi) is 2.91. The fourth-order valence-electron chi connectivity index (χ4n) is 2.11. The van der Waals surface area contributed by atoms with E-state index in [1.165, 1.54) is 6.07 Å². The summed E-state index contributed by atoms with van der Waals surface area (Å²) in [6, 6.07) is 10.9. The van der Waals surface area contributed by atoms with Crippen molar-refractivity contribution in [2.45, 2.75) is 13.5 Å². The van der Waals surface area contributed by atoms with E-state index in [-0.39, 0.29) is 5.82 Å². The van der Waals surface area contributed by atoms with Crippen LogP contribution in [0.25, 0.3) is 5.65 Å². The summed E-state index contributed by atoms with van der Waals surface area (Å²) >= 11 is 0. The molecule has 2 heterocycles. The minimum atomic E-state index is -0.233. The number of nitrogens with zero attached hydrogens (tertiary/aromatic N) is 2. The number of fused-ring (bicyclic) bond motifs is 1. The maximum absolute atomic E-state index is 13.7. The van der Waals surface area contributed by atoms with Crippen LogP contribution in [0.1, 0.15) is 11.3 Å². The Morgan fingerprint density at radius 1 is 1.21 bits per heavy atom. The SMILES string of the molecule is Cc1cccc(F)c1NCc1cn2ccccc2n1. The van der Waals surface area contributed by atoms with Gasteiger partial charge in [0, 0.05) is 12.4 Å². The largest absolute Gasteiger partial charge is 0.377 e. The van der Waals surface area contributed by atoms with Crippen molar-refractivity contribution >= 4 is 11.3 Å². The van der Waals surface area contributed by atoms with Crippen LogP contribution in [0.4, 0.5) is 10.1 Å². The highest BCUT2D eigenvalue weighted by molar-refractivity contribution is 5.52. The third-order valence-corrected chi connectivity index (χ3v) is 3.08. The van der Waals surface area contributed by atoms with Gasteiger partial charge in [0.05, 0.1) is 17.9 Å². The zero-order chi connectivity index (χ0) is 13.2. The van der Waals surface area contributed by atoms with E-state index in [1.807, 2.05) is 48.0 Å². The Labute approximate surface area is 110 Å². The van der Waals surface area contributed by atoms with Gasteiger partial charge in [0.1, 0.15) is 11.5 Å². The minimum absolute atomic E-state index is 0.233. The molecule has 96 valence electrons. The van der Waals surface area contributed by atoms with Crippen LogP contribution in [0.5, 0.6) is 0 Å². The maximum Gasteiger partial charge on any atom is 0.146 e. The summed E-state index contributed by atoms with van der Waals surface area (Å²) in [5.74, 6) is -0.233. The molecule has 0 saturated carbocycles. The first-order valence-corrected chi connectivity index (χ1v) is 6.15. The number of aryl methyl sites for hydroxylation is 1. The molecule has 0 radical (unpaired) electrons. The van der Waals surface area contributed by atoms with E-state index in [0.717, 1.165) is 16.9 Å². The summed E-state index contributed by atoms with van der Waals surface area (Å²) in [5.41, 5.74) is 3.21. The second-order valence-corrected chi connectivity index (χ2v) is 4.48. The fraction of sp³-hybridized carbons (Fsp3) is 0.133. The lowest BCUT2D eigenvalue weighted by Gasteiger charge is -2.08. The Balaban J connectivity index is 1.82. The molecule has 4 heteroatoms. The molecular formula is C15H14FN3. The summed E-state index contributed by atoms with van der Waals surface area (Å²) in [6.45, 7) is 2.39. The number of rotatable bonds is 3. The number of para-hydroxylation sites is 1. The van der Waals surface area contributed by atoms with Gasteiger partial charge in [-0.05, 0) is 30.7 Å². The van der Waals surface area contributed by atoms with Crippen molar-refractivity contribution in [3.8, 4) is 0 Å². The highest BCUT2D eigenvalue weighted by atomic mass is 19.1. The molecule has 1 N–H and O–H groups in total. The molecule has 0 amide bonds. The molecular weight excluding hydrogens is 241 g/mol. The van der Waals surface area contributed by atoms with Gasteiger partial charge in [-0.3, -0.25) is 0 Å². The van der Waals surface area contributed by atoms with E-state index < -0.39 is 0 Å². The Morgan fingerprint density at radius 2 is 2.11 bits per heavy atom. The van der Waals surface area contributed by atoms with Crippen LogP contribution in [0.3, 0.4) is 0 Å². The van der Waals surface area contributed by atoms with Crippen LogP contribution in [-0.4, -0.2) is 9.38 Å². The highest BCUT2D eigenvalue weighted by Gasteiger charge is 2.06. The molecule has 0 spiro atoms. The molecule has 0 saturated heterocycles. The zero-order valence-electron chi connectivity index (χ0n) is 10.6. The van der Waals surface area contributed by atoms with E-state index in [1.54, 1.807) is 6.07 Å². The third kappa shape index (κ3) is 2.29. The molecule has 0 bridgehead atoms. The van der Waals surface area contributed by atoms with Gasteiger partial charge >= 0.3 is 0 Å². The number of anilines is 1. The van der Waals surface area contributed by atoms with E-state index >= 15 is 0 Å². The summed E-state index contributed by atoms with van der Waals surface area (Å²) in [5, 5.41) is 3.11. The third-order valence-electron chi connectivity index (χ3n) is 3.08. The topological polar surface area (TPSA) is 29.3 Å². The molecule has 3 rings (SSSR count). The Hall–Kier alpha value is -2.36. The maximum atomic E-state index is 13.7. The van der Waals surface area contributed by atoms with Crippen molar-refractivity contribution in [2.24, 2.45) is 0 Å². The van der Waals surface area contributed by atoms with Crippen LogP contribution >= 0.6 is 0 Å². The second-order valence-electron chi connectivity index (χ2n) is 4.48. The van der Waals surface area contributed by atoms with Crippen LogP contribution in [0, 0.1) is 12.7 Å². The van der Waals surface area contributed by atoms with Gasteiger partial charge < -0.3 is 9.72 Å². The number of hydrogen-bond donors (Lipinski definition) is 1. The van der Waals surface area contributed by atoms with Crippen LogP contribution in [-0.2, 0) is 6.54 Å². The number of pyridine rings is 1. The molecule has 0 fully saturated rings. The van der Waals surface area contributed by atoms with Crippen LogP contribution in [0.15, 0.2) is 48.8 Å². The first-order valence-electron chi connectivity index (χ1n) is 6.15. The van der Waals surface area contributed by atoms with Gasteiger partial charge in [-0.25, -0.2) is 9.37 Å². The van der Waals surface area contributed by atoms with Crippen LogP contribution in [0.2, 0.25) is 0 Å². The lowest BCUT2D eigenvalue weighted by Crippen LogP contribution is -2.03. The van der Waals surface area contributed by atoms with E-state index in [0.29, 0.717) is 12.2 Å². The van der Waals surface area contributed by atoms with Gasteiger partial charge in [0.15, 0.2) is 0 Å². The predicted octanol–water partition coefficient (Wildman–Crippen LogP) is 3.39. The Morgan fingerprint density at radius 3 is 2.89 bits per heavy atom. The van der Waals surface area contributed by atoms with Crippen molar-refractivity contribution < 1.29 is 4.39 Å². The lowest BCUT2D eigenvalue weighted by atomic mass is 10.2. The van der Waals surface area contributed by atoms with E-state index in [4.69, 9.17) is 0 Å². The normalized spacial score (nSPS) is 10.8. The molecule has 19 heavy (non-hydrogen) atoms. The first kappa shape index (κ1) is 11.7. The van der Waals surface area contributed by atoms with Gasteiger partial charge in [-0.2, -0.15) is 0 Å². The number of imidazole rings is 1. The number of aromatic nitrogens is 2. The predicted molar refractivity (Wildman–Crippen MR) is 73.7 cm³/mol. The number of nitrogens with one attached hydrogen (secondary N) is 1. The molecule has 0 aliphatic carbocycles. The van der Waals surface area contributed by atoms with Crippen molar-refractivity contribution in [2.75, 3.05) is 5.32 Å². The average molecular weight is 255 g/mol. The van der Waals surface area contributed by atoms with Crippen molar-refractivity contribution in [1.29, 1.82) is 0 Å². The van der Waals surface area contributed by atoms with Gasteiger partial charge in [0.2, 0.25) is 0 Å². The summed E-state index contributed by atoms with van der Waals surface area (Å²) in [6.07, 6.45) is 3.89. The van der Waals surface area contributed by atoms with Crippen molar-refractivity contribution in [3.05, 3.63) is 65.9 Å². The fourth-order valence-corrected chi connectivity index (χ4v) is 2.11. The van der Waals surface area contributed by atoms with Gasteiger partial charge in [-0.15, -0.1) is 0 Å². The van der Waals surface area contributed by atoms with Crippen molar-refractivity contribution in [3.63, 3.8) is 0 Å². The highest BCUT2D eigenvalue weighted by Crippen LogP contribution is 2.19. The zero-order valence-corrected chi connectivity index (χ0v) is 10.6. The number of hydrogen-bond acceptors (Lipinski definition) is 2. The quantitative estimate of drug-likeness (QED) is 0.777. The number of benzene rings is 1. The molecule has 0 unspecified atom stereocenters. The monoisotopic (exact) mass is 255 g/mol. The first-order chi connectivity index (χ1) is 9.24. The molecule has 0 aliphatic heterocycles. The molecule has 0 aliphatic rings. The van der Waals surface area contributed by atoms with Crippen LogP contribution < -0.4 is 5.32 Å². The van der Waals surface area contributed by atoms with Gasteiger partial charge in [0.25, 0.3) is 0 Å². The smallest absolute Gasteiger partial charge is 0.146 e. The second kappa shape index (κ2) is 4.72. The summed E-state index contributed by atoms with van der Waals surface area (Å²) in [7, 11) is 0. The summed E-state index contributed by atoms with van der Waals surface area (Å²) < 4.78 is 15.6. The average Bonchev–Trinajstić information content (AvgIpc) is 2.81. The molecule has 2 aromatic heterocycles.